The second kappa shape index (κ2) is 7.61. The third-order valence-corrected chi connectivity index (χ3v) is 4.63. The van der Waals surface area contributed by atoms with Crippen molar-refractivity contribution in [2.24, 2.45) is 0 Å². The van der Waals surface area contributed by atoms with E-state index in [0.29, 0.717) is 36.3 Å². The van der Waals surface area contributed by atoms with Crippen molar-refractivity contribution in [3.63, 3.8) is 0 Å². The number of rotatable bonds is 2. The minimum absolute atomic E-state index is 0.220. The first-order valence-electron chi connectivity index (χ1n) is 7.28. The van der Waals surface area contributed by atoms with Crippen molar-refractivity contribution in [3.8, 4) is 10.6 Å². The number of hydrogen-bond donors (Lipinski definition) is 2. The normalized spacial score (nSPS) is 14.3. The molecular formula is C15H15ClN4O3S. The Kier molecular flexibility index (Phi) is 5.29. The number of thiazole rings is 1. The van der Waals surface area contributed by atoms with Gasteiger partial charge in [-0.2, -0.15) is 0 Å². The Morgan fingerprint density at radius 3 is 2.71 bits per heavy atom. The monoisotopic (exact) mass is 366 g/mol. The van der Waals surface area contributed by atoms with Crippen LogP contribution in [-0.4, -0.2) is 48.1 Å². The lowest BCUT2D eigenvalue weighted by atomic mass is 10.2. The highest BCUT2D eigenvalue weighted by Crippen LogP contribution is 2.29. The average Bonchev–Trinajstić information content (AvgIpc) is 3.10. The number of hydrogen-bond acceptors (Lipinski definition) is 5. The van der Waals surface area contributed by atoms with Crippen LogP contribution in [-0.2, 0) is 4.74 Å². The molecule has 0 saturated carbocycles. The molecule has 3 rings (SSSR count). The lowest BCUT2D eigenvalue weighted by molar-refractivity contribution is 0.0519. The van der Waals surface area contributed by atoms with Crippen LogP contribution < -0.4 is 10.9 Å². The van der Waals surface area contributed by atoms with Crippen molar-refractivity contribution in [2.45, 2.75) is 0 Å². The lowest BCUT2D eigenvalue weighted by Gasteiger charge is -2.26. The maximum Gasteiger partial charge on any atom is 0.336 e. The van der Waals surface area contributed by atoms with Gasteiger partial charge in [-0.1, -0.05) is 29.8 Å². The molecule has 24 heavy (non-hydrogen) atoms. The van der Waals surface area contributed by atoms with Crippen molar-refractivity contribution < 1.29 is 14.3 Å². The molecule has 1 aliphatic heterocycles. The molecule has 2 aromatic rings. The molecule has 0 atom stereocenters. The van der Waals surface area contributed by atoms with Crippen LogP contribution in [0.2, 0.25) is 5.02 Å². The molecule has 1 aromatic heterocycles. The molecule has 1 fully saturated rings. The first-order chi connectivity index (χ1) is 11.6. The van der Waals surface area contributed by atoms with Gasteiger partial charge >= 0.3 is 6.03 Å². The first kappa shape index (κ1) is 16.7. The molecule has 1 saturated heterocycles. The van der Waals surface area contributed by atoms with Crippen LogP contribution in [0, 0.1) is 0 Å². The summed E-state index contributed by atoms with van der Waals surface area (Å²) in [6.07, 6.45) is 0. The van der Waals surface area contributed by atoms with Gasteiger partial charge in [0.25, 0.3) is 5.91 Å². The highest BCUT2D eigenvalue weighted by molar-refractivity contribution is 7.13. The summed E-state index contributed by atoms with van der Waals surface area (Å²) in [7, 11) is 0. The Morgan fingerprint density at radius 2 is 1.96 bits per heavy atom. The smallest absolute Gasteiger partial charge is 0.336 e. The summed E-state index contributed by atoms with van der Waals surface area (Å²) in [6, 6.07) is 6.91. The molecule has 2 N–H and O–H groups in total. The van der Waals surface area contributed by atoms with Gasteiger partial charge in [-0.15, -0.1) is 11.3 Å². The van der Waals surface area contributed by atoms with E-state index in [9.17, 15) is 9.59 Å². The van der Waals surface area contributed by atoms with E-state index in [2.05, 4.69) is 15.8 Å². The molecule has 7 nitrogen and oxygen atoms in total. The quantitative estimate of drug-likeness (QED) is 0.798. The van der Waals surface area contributed by atoms with Gasteiger partial charge in [0.1, 0.15) is 10.7 Å². The van der Waals surface area contributed by atoms with Gasteiger partial charge in [0.2, 0.25) is 0 Å². The van der Waals surface area contributed by atoms with Crippen molar-refractivity contribution in [2.75, 3.05) is 26.3 Å². The number of ether oxygens (including phenoxy) is 1. The average molecular weight is 367 g/mol. The standard InChI is InChI=1S/C15H15ClN4O3S/c16-11-4-2-1-3-10(11)14-17-12(9-24-14)13(21)18-19-15(22)20-5-7-23-8-6-20/h1-4,9H,5-8H2,(H,18,21)(H,19,22). The fourth-order valence-corrected chi connectivity index (χ4v) is 3.28. The zero-order valence-corrected chi connectivity index (χ0v) is 14.2. The van der Waals surface area contributed by atoms with E-state index in [1.54, 1.807) is 16.3 Å². The van der Waals surface area contributed by atoms with Gasteiger partial charge < -0.3 is 9.64 Å². The molecule has 0 radical (unpaired) electrons. The summed E-state index contributed by atoms with van der Waals surface area (Å²) in [5, 5.41) is 2.83. The second-order valence-corrected chi connectivity index (χ2v) is 6.27. The van der Waals surface area contributed by atoms with E-state index >= 15 is 0 Å². The number of hydrazine groups is 1. The van der Waals surface area contributed by atoms with E-state index in [4.69, 9.17) is 16.3 Å². The number of benzene rings is 1. The Hall–Kier alpha value is -2.16. The number of nitrogens with zero attached hydrogens (tertiary/aromatic N) is 2. The fourth-order valence-electron chi connectivity index (χ4n) is 2.16. The van der Waals surface area contributed by atoms with Gasteiger partial charge in [-0.3, -0.25) is 10.2 Å². The molecule has 0 spiro atoms. The minimum atomic E-state index is -0.480. The van der Waals surface area contributed by atoms with Crippen molar-refractivity contribution in [1.29, 1.82) is 0 Å². The van der Waals surface area contributed by atoms with Crippen LogP contribution in [0.1, 0.15) is 10.5 Å². The van der Waals surface area contributed by atoms with E-state index in [-0.39, 0.29) is 11.7 Å². The van der Waals surface area contributed by atoms with Crippen LogP contribution in [0.5, 0.6) is 0 Å². The molecule has 1 aromatic carbocycles. The van der Waals surface area contributed by atoms with E-state index < -0.39 is 5.91 Å². The van der Waals surface area contributed by atoms with Gasteiger partial charge in [0, 0.05) is 24.0 Å². The minimum Gasteiger partial charge on any atom is -0.378 e. The van der Waals surface area contributed by atoms with Crippen LogP contribution in [0.15, 0.2) is 29.6 Å². The Bertz CT molecular complexity index is 746. The van der Waals surface area contributed by atoms with Gasteiger partial charge in [-0.05, 0) is 6.07 Å². The topological polar surface area (TPSA) is 83.6 Å². The largest absolute Gasteiger partial charge is 0.378 e. The van der Waals surface area contributed by atoms with Crippen LogP contribution >= 0.6 is 22.9 Å². The van der Waals surface area contributed by atoms with Gasteiger partial charge in [0.15, 0.2) is 0 Å². The number of carbonyl (C=O) groups excluding carboxylic acids is 2. The van der Waals surface area contributed by atoms with Crippen molar-refractivity contribution >= 4 is 34.9 Å². The molecule has 0 bridgehead atoms. The summed E-state index contributed by atoms with van der Waals surface area (Å²) < 4.78 is 5.17. The SMILES string of the molecule is O=C(NNC(=O)N1CCOCC1)c1csc(-c2ccccc2Cl)n1. The molecule has 0 unspecified atom stereocenters. The summed E-state index contributed by atoms with van der Waals surface area (Å²) in [6.45, 7) is 1.98. The third-order valence-electron chi connectivity index (χ3n) is 3.42. The zero-order valence-electron chi connectivity index (χ0n) is 12.6. The van der Waals surface area contributed by atoms with E-state index in [1.165, 1.54) is 11.3 Å². The maximum absolute atomic E-state index is 12.1. The number of nitrogens with one attached hydrogen (secondary N) is 2. The summed E-state index contributed by atoms with van der Waals surface area (Å²) in [5.41, 5.74) is 5.73. The summed E-state index contributed by atoms with van der Waals surface area (Å²) >= 11 is 7.44. The number of halogens is 1. The molecule has 1 aliphatic rings. The zero-order chi connectivity index (χ0) is 16.9. The number of carbonyl (C=O) groups is 2. The molecule has 9 heteroatoms. The number of morpholine rings is 1. The highest BCUT2D eigenvalue weighted by Gasteiger charge is 2.18. The van der Waals surface area contributed by atoms with Crippen LogP contribution in [0.3, 0.4) is 0 Å². The molecule has 126 valence electrons. The van der Waals surface area contributed by atoms with Crippen molar-refractivity contribution in [3.05, 3.63) is 40.4 Å². The van der Waals surface area contributed by atoms with E-state index in [0.717, 1.165) is 5.56 Å². The second-order valence-electron chi connectivity index (χ2n) is 5.00. The molecule has 0 aliphatic carbocycles. The molecular weight excluding hydrogens is 352 g/mol. The first-order valence-corrected chi connectivity index (χ1v) is 8.54. The Balaban J connectivity index is 1.60. The Morgan fingerprint density at radius 1 is 1.21 bits per heavy atom. The maximum atomic E-state index is 12.1. The van der Waals surface area contributed by atoms with Crippen LogP contribution in [0.25, 0.3) is 10.6 Å². The molecule has 3 amide bonds. The fraction of sp³-hybridized carbons (Fsp3) is 0.267. The number of aromatic nitrogens is 1. The number of amides is 3. The van der Waals surface area contributed by atoms with Crippen LogP contribution in [0.4, 0.5) is 4.79 Å². The lowest BCUT2D eigenvalue weighted by Crippen LogP contribution is -2.52. The van der Waals surface area contributed by atoms with Gasteiger partial charge in [0.05, 0.1) is 18.2 Å². The third kappa shape index (κ3) is 3.84. The highest BCUT2D eigenvalue weighted by atomic mass is 35.5. The van der Waals surface area contributed by atoms with E-state index in [1.807, 2.05) is 18.2 Å². The van der Waals surface area contributed by atoms with Crippen molar-refractivity contribution in [1.82, 2.24) is 20.7 Å². The molecule has 2 heterocycles. The predicted molar refractivity (Wildman–Crippen MR) is 90.9 cm³/mol. The summed E-state index contributed by atoms with van der Waals surface area (Å²) in [5.74, 6) is -0.480. The number of urea groups is 1. The summed E-state index contributed by atoms with van der Waals surface area (Å²) in [4.78, 5) is 29.9. The predicted octanol–water partition coefficient (Wildman–Crippen LogP) is 2.15. The van der Waals surface area contributed by atoms with Gasteiger partial charge in [-0.25, -0.2) is 15.2 Å². The Labute approximate surface area is 147 Å².